The minimum atomic E-state index is -0.477. The van der Waals surface area contributed by atoms with Crippen molar-refractivity contribution < 1.29 is 9.84 Å². The van der Waals surface area contributed by atoms with Crippen LogP contribution in [0.4, 0.5) is 0 Å². The monoisotopic (exact) mass is 226 g/mol. The first-order valence-electron chi connectivity index (χ1n) is 5.05. The normalized spacial score (nSPS) is 12.5. The van der Waals surface area contributed by atoms with E-state index in [9.17, 15) is 5.11 Å². The molecule has 2 nitrogen and oxygen atoms in total. The van der Waals surface area contributed by atoms with Crippen molar-refractivity contribution in [1.82, 2.24) is 0 Å². The third kappa shape index (κ3) is 3.76. The van der Waals surface area contributed by atoms with E-state index in [-0.39, 0.29) is 0 Å². The maximum Gasteiger partial charge on any atom is 0.125 e. The molecule has 0 bridgehead atoms. The van der Waals surface area contributed by atoms with E-state index in [1.165, 1.54) is 0 Å². The molecule has 0 radical (unpaired) electrons. The largest absolute Gasteiger partial charge is 0.492 e. The molecule has 0 heterocycles. The van der Waals surface area contributed by atoms with Crippen molar-refractivity contribution in [1.29, 1.82) is 0 Å². The first-order chi connectivity index (χ1) is 7.15. The van der Waals surface area contributed by atoms with Crippen molar-refractivity contribution in [3.63, 3.8) is 0 Å². The smallest absolute Gasteiger partial charge is 0.125 e. The van der Waals surface area contributed by atoms with E-state index in [4.69, 9.17) is 4.74 Å². The van der Waals surface area contributed by atoms with Gasteiger partial charge in [0.2, 0.25) is 0 Å². The average molecular weight is 226 g/mol. The Labute approximate surface area is 95.7 Å². The van der Waals surface area contributed by atoms with Gasteiger partial charge < -0.3 is 9.84 Å². The number of thioether (sulfide) groups is 1. The van der Waals surface area contributed by atoms with Crippen LogP contribution in [0.25, 0.3) is 0 Å². The van der Waals surface area contributed by atoms with E-state index >= 15 is 0 Å². The van der Waals surface area contributed by atoms with Gasteiger partial charge in [-0.05, 0) is 31.7 Å². The van der Waals surface area contributed by atoms with E-state index < -0.39 is 6.10 Å². The second-order valence-electron chi connectivity index (χ2n) is 3.56. The highest BCUT2D eigenvalue weighted by atomic mass is 32.2. The van der Waals surface area contributed by atoms with Crippen LogP contribution >= 0.6 is 11.8 Å². The highest BCUT2D eigenvalue weighted by Gasteiger charge is 2.08. The Morgan fingerprint density at radius 3 is 2.80 bits per heavy atom. The van der Waals surface area contributed by atoms with Gasteiger partial charge in [0, 0.05) is 11.3 Å². The molecular formula is C12H18O2S. The van der Waals surface area contributed by atoms with Crippen molar-refractivity contribution in [2.24, 2.45) is 0 Å². The van der Waals surface area contributed by atoms with Crippen LogP contribution in [0.15, 0.2) is 18.2 Å². The second-order valence-corrected chi connectivity index (χ2v) is 4.54. The van der Waals surface area contributed by atoms with Crippen molar-refractivity contribution in [2.45, 2.75) is 20.0 Å². The third-order valence-electron chi connectivity index (χ3n) is 2.16. The standard InChI is InChI=1S/C12H18O2S/c1-9-4-5-11(10(2)13)12(8-9)14-6-7-15-3/h4-5,8,10,13H,6-7H2,1-3H3/t10-/m1/s1. The summed E-state index contributed by atoms with van der Waals surface area (Å²) >= 11 is 1.75. The molecule has 0 aliphatic carbocycles. The zero-order valence-electron chi connectivity index (χ0n) is 9.49. The first-order valence-corrected chi connectivity index (χ1v) is 6.45. The lowest BCUT2D eigenvalue weighted by Gasteiger charge is -2.13. The zero-order chi connectivity index (χ0) is 11.3. The third-order valence-corrected chi connectivity index (χ3v) is 2.74. The van der Waals surface area contributed by atoms with Crippen LogP contribution in [0.5, 0.6) is 5.75 Å². The van der Waals surface area contributed by atoms with E-state index in [0.29, 0.717) is 6.61 Å². The molecule has 1 N–H and O–H groups in total. The maximum atomic E-state index is 9.57. The van der Waals surface area contributed by atoms with Crippen LogP contribution in [0, 0.1) is 6.92 Å². The van der Waals surface area contributed by atoms with Crippen molar-refractivity contribution in [2.75, 3.05) is 18.6 Å². The minimum absolute atomic E-state index is 0.477. The van der Waals surface area contributed by atoms with Crippen molar-refractivity contribution >= 4 is 11.8 Å². The predicted octanol–water partition coefficient (Wildman–Crippen LogP) is 2.79. The van der Waals surface area contributed by atoms with Gasteiger partial charge in [-0.15, -0.1) is 0 Å². The molecule has 1 rings (SSSR count). The first kappa shape index (κ1) is 12.4. The molecular weight excluding hydrogens is 208 g/mol. The summed E-state index contributed by atoms with van der Waals surface area (Å²) in [5.41, 5.74) is 2.01. The molecule has 0 saturated carbocycles. The summed E-state index contributed by atoms with van der Waals surface area (Å²) in [6.45, 7) is 4.46. The summed E-state index contributed by atoms with van der Waals surface area (Å²) in [4.78, 5) is 0. The molecule has 0 aromatic heterocycles. The molecule has 0 amide bonds. The van der Waals surface area contributed by atoms with Gasteiger partial charge in [0.15, 0.2) is 0 Å². The molecule has 3 heteroatoms. The molecule has 0 aliphatic heterocycles. The fourth-order valence-electron chi connectivity index (χ4n) is 1.35. The van der Waals surface area contributed by atoms with E-state index in [1.54, 1.807) is 18.7 Å². The van der Waals surface area contributed by atoms with Gasteiger partial charge in [-0.3, -0.25) is 0 Å². The minimum Gasteiger partial charge on any atom is -0.492 e. The fourth-order valence-corrected chi connectivity index (χ4v) is 1.60. The molecule has 1 aromatic carbocycles. The van der Waals surface area contributed by atoms with Crippen molar-refractivity contribution in [3.8, 4) is 5.75 Å². The van der Waals surface area contributed by atoms with Crippen LogP contribution in [-0.2, 0) is 0 Å². The highest BCUT2D eigenvalue weighted by molar-refractivity contribution is 7.98. The lowest BCUT2D eigenvalue weighted by atomic mass is 10.1. The lowest BCUT2D eigenvalue weighted by molar-refractivity contribution is 0.192. The molecule has 0 aliphatic rings. The summed E-state index contributed by atoms with van der Waals surface area (Å²) in [5.74, 6) is 1.77. The Morgan fingerprint density at radius 2 is 2.20 bits per heavy atom. The number of aryl methyl sites for hydroxylation is 1. The second kappa shape index (κ2) is 6.03. The van der Waals surface area contributed by atoms with Crippen LogP contribution < -0.4 is 4.74 Å². The summed E-state index contributed by atoms with van der Waals surface area (Å²) < 4.78 is 5.64. The number of hydrogen-bond donors (Lipinski definition) is 1. The number of benzene rings is 1. The van der Waals surface area contributed by atoms with Crippen LogP contribution in [0.3, 0.4) is 0 Å². The summed E-state index contributed by atoms with van der Waals surface area (Å²) in [6.07, 6.45) is 1.57. The van der Waals surface area contributed by atoms with Gasteiger partial charge in [-0.1, -0.05) is 12.1 Å². The van der Waals surface area contributed by atoms with Crippen LogP contribution in [0.2, 0.25) is 0 Å². The zero-order valence-corrected chi connectivity index (χ0v) is 10.3. The average Bonchev–Trinajstić information content (AvgIpc) is 2.18. The highest BCUT2D eigenvalue weighted by Crippen LogP contribution is 2.26. The SMILES string of the molecule is CSCCOc1cc(C)ccc1[C@@H](C)O. The Kier molecular flexibility index (Phi) is 4.99. The topological polar surface area (TPSA) is 29.5 Å². The Hall–Kier alpha value is -0.670. The maximum absolute atomic E-state index is 9.57. The number of rotatable bonds is 5. The Balaban J connectivity index is 2.77. The van der Waals surface area contributed by atoms with Crippen LogP contribution in [-0.4, -0.2) is 23.7 Å². The van der Waals surface area contributed by atoms with Crippen molar-refractivity contribution in [3.05, 3.63) is 29.3 Å². The van der Waals surface area contributed by atoms with Gasteiger partial charge in [-0.25, -0.2) is 0 Å². The van der Waals surface area contributed by atoms with Crippen LogP contribution in [0.1, 0.15) is 24.2 Å². The quantitative estimate of drug-likeness (QED) is 0.783. The number of aliphatic hydroxyl groups is 1. The molecule has 0 spiro atoms. The molecule has 0 fully saturated rings. The lowest BCUT2D eigenvalue weighted by Crippen LogP contribution is -2.04. The van der Waals surface area contributed by atoms with E-state index in [1.807, 2.05) is 25.1 Å². The summed E-state index contributed by atoms with van der Waals surface area (Å²) in [6, 6.07) is 5.89. The summed E-state index contributed by atoms with van der Waals surface area (Å²) in [5, 5.41) is 9.57. The molecule has 1 atom stereocenters. The van der Waals surface area contributed by atoms with Gasteiger partial charge in [0.1, 0.15) is 5.75 Å². The van der Waals surface area contributed by atoms with Gasteiger partial charge in [0.05, 0.1) is 12.7 Å². The number of aliphatic hydroxyl groups excluding tert-OH is 1. The molecule has 0 unspecified atom stereocenters. The molecule has 84 valence electrons. The molecule has 0 saturated heterocycles. The number of ether oxygens (including phenoxy) is 1. The Bertz CT molecular complexity index is 310. The van der Waals surface area contributed by atoms with Gasteiger partial charge >= 0.3 is 0 Å². The summed E-state index contributed by atoms with van der Waals surface area (Å²) in [7, 11) is 0. The fraction of sp³-hybridized carbons (Fsp3) is 0.500. The molecule has 15 heavy (non-hydrogen) atoms. The number of hydrogen-bond acceptors (Lipinski definition) is 3. The molecule has 1 aromatic rings. The predicted molar refractivity (Wildman–Crippen MR) is 65.7 cm³/mol. The van der Waals surface area contributed by atoms with E-state index in [2.05, 4.69) is 6.26 Å². The Morgan fingerprint density at radius 1 is 1.47 bits per heavy atom. The van der Waals surface area contributed by atoms with E-state index in [0.717, 1.165) is 22.6 Å². The van der Waals surface area contributed by atoms with Gasteiger partial charge in [0.25, 0.3) is 0 Å². The van der Waals surface area contributed by atoms with Gasteiger partial charge in [-0.2, -0.15) is 11.8 Å².